The molecule has 0 saturated carbocycles. The maximum Gasteiger partial charge on any atom is 0.246 e. The van der Waals surface area contributed by atoms with Gasteiger partial charge in [-0.1, -0.05) is 53.5 Å². The minimum absolute atomic E-state index is 0.133. The average molecular weight is 321 g/mol. The van der Waals surface area contributed by atoms with Gasteiger partial charge in [0, 0.05) is 6.54 Å². The van der Waals surface area contributed by atoms with Crippen molar-refractivity contribution in [1.29, 1.82) is 0 Å². The number of hydrogen-bond donors (Lipinski definition) is 2. The van der Waals surface area contributed by atoms with Crippen molar-refractivity contribution >= 4 is 34.8 Å². The SMILES string of the molecule is O=C(Nc1cccc(Cl)c1Cl)C1NCCc2ccccc21. The molecule has 0 radical (unpaired) electrons. The van der Waals surface area contributed by atoms with Crippen LogP contribution in [0.25, 0.3) is 0 Å². The molecule has 1 amide bonds. The maximum absolute atomic E-state index is 12.5. The molecule has 3 rings (SSSR count). The normalized spacial score (nSPS) is 17.1. The van der Waals surface area contributed by atoms with Crippen LogP contribution in [0.1, 0.15) is 17.2 Å². The van der Waals surface area contributed by atoms with Crippen molar-refractivity contribution in [1.82, 2.24) is 5.32 Å². The van der Waals surface area contributed by atoms with Gasteiger partial charge in [0.15, 0.2) is 0 Å². The molecule has 5 heteroatoms. The van der Waals surface area contributed by atoms with Crippen molar-refractivity contribution in [3.63, 3.8) is 0 Å². The summed E-state index contributed by atoms with van der Waals surface area (Å²) in [6, 6.07) is 12.8. The molecule has 1 aliphatic heterocycles. The number of nitrogens with one attached hydrogen (secondary N) is 2. The Bertz CT molecular complexity index is 688. The summed E-state index contributed by atoms with van der Waals surface area (Å²) in [6.45, 7) is 0.776. The van der Waals surface area contributed by atoms with E-state index in [4.69, 9.17) is 23.2 Å². The lowest BCUT2D eigenvalue weighted by molar-refractivity contribution is -0.118. The van der Waals surface area contributed by atoms with E-state index in [2.05, 4.69) is 16.7 Å². The van der Waals surface area contributed by atoms with E-state index in [1.807, 2.05) is 18.2 Å². The number of benzene rings is 2. The first-order valence-corrected chi connectivity index (χ1v) is 7.48. The number of halogens is 2. The van der Waals surface area contributed by atoms with E-state index >= 15 is 0 Å². The number of carbonyl (C=O) groups excluding carboxylic acids is 1. The number of fused-ring (bicyclic) bond motifs is 1. The molecule has 1 atom stereocenters. The first kappa shape index (κ1) is 14.4. The quantitative estimate of drug-likeness (QED) is 0.883. The summed E-state index contributed by atoms with van der Waals surface area (Å²) in [4.78, 5) is 12.5. The van der Waals surface area contributed by atoms with Crippen molar-refractivity contribution in [2.75, 3.05) is 11.9 Å². The smallest absolute Gasteiger partial charge is 0.246 e. The zero-order valence-electron chi connectivity index (χ0n) is 11.2. The predicted octanol–water partition coefficient (Wildman–Crippen LogP) is 3.82. The first-order valence-electron chi connectivity index (χ1n) is 6.73. The van der Waals surface area contributed by atoms with Crippen molar-refractivity contribution < 1.29 is 4.79 Å². The number of hydrogen-bond acceptors (Lipinski definition) is 2. The van der Waals surface area contributed by atoms with Crippen molar-refractivity contribution in [3.8, 4) is 0 Å². The first-order chi connectivity index (χ1) is 10.2. The van der Waals surface area contributed by atoms with Crippen LogP contribution < -0.4 is 10.6 Å². The molecule has 1 unspecified atom stereocenters. The van der Waals surface area contributed by atoms with Gasteiger partial charge in [-0.25, -0.2) is 0 Å². The molecule has 2 N–H and O–H groups in total. The third-order valence-corrected chi connectivity index (χ3v) is 4.40. The highest BCUT2D eigenvalue weighted by molar-refractivity contribution is 6.44. The third-order valence-electron chi connectivity index (χ3n) is 3.58. The van der Waals surface area contributed by atoms with Crippen LogP contribution in [0.4, 0.5) is 5.69 Å². The number of rotatable bonds is 2. The van der Waals surface area contributed by atoms with E-state index in [1.54, 1.807) is 18.2 Å². The molecule has 1 aliphatic rings. The minimum atomic E-state index is -0.370. The Balaban J connectivity index is 1.85. The Morgan fingerprint density at radius 2 is 1.95 bits per heavy atom. The van der Waals surface area contributed by atoms with Gasteiger partial charge in [-0.15, -0.1) is 0 Å². The van der Waals surface area contributed by atoms with E-state index in [-0.39, 0.29) is 11.9 Å². The fourth-order valence-electron chi connectivity index (χ4n) is 2.54. The summed E-state index contributed by atoms with van der Waals surface area (Å²) in [7, 11) is 0. The summed E-state index contributed by atoms with van der Waals surface area (Å²) >= 11 is 12.1. The van der Waals surface area contributed by atoms with Crippen LogP contribution >= 0.6 is 23.2 Å². The number of amides is 1. The van der Waals surface area contributed by atoms with Gasteiger partial charge in [0.05, 0.1) is 15.7 Å². The fourth-order valence-corrected chi connectivity index (χ4v) is 2.89. The lowest BCUT2D eigenvalue weighted by Gasteiger charge is -2.26. The summed E-state index contributed by atoms with van der Waals surface area (Å²) < 4.78 is 0. The molecule has 0 saturated heterocycles. The predicted molar refractivity (Wildman–Crippen MR) is 86.0 cm³/mol. The molecule has 0 spiro atoms. The topological polar surface area (TPSA) is 41.1 Å². The molecule has 0 bridgehead atoms. The Morgan fingerprint density at radius 1 is 1.14 bits per heavy atom. The lowest BCUT2D eigenvalue weighted by atomic mass is 9.94. The Kier molecular flexibility index (Phi) is 4.15. The zero-order valence-corrected chi connectivity index (χ0v) is 12.7. The van der Waals surface area contributed by atoms with Gasteiger partial charge in [-0.2, -0.15) is 0 Å². The molecule has 2 aromatic rings. The molecule has 21 heavy (non-hydrogen) atoms. The second-order valence-corrected chi connectivity index (χ2v) is 5.71. The highest BCUT2D eigenvalue weighted by Gasteiger charge is 2.26. The van der Waals surface area contributed by atoms with Gasteiger partial charge >= 0.3 is 0 Å². The maximum atomic E-state index is 12.5. The van der Waals surface area contributed by atoms with Crippen LogP contribution in [0.2, 0.25) is 10.0 Å². The van der Waals surface area contributed by atoms with Gasteiger partial charge in [0.2, 0.25) is 5.91 Å². The highest BCUT2D eigenvalue weighted by Crippen LogP contribution is 2.31. The van der Waals surface area contributed by atoms with E-state index in [0.29, 0.717) is 15.7 Å². The molecule has 2 aromatic carbocycles. The van der Waals surface area contributed by atoms with E-state index < -0.39 is 0 Å². The fraction of sp³-hybridized carbons (Fsp3) is 0.188. The number of anilines is 1. The molecule has 0 fully saturated rings. The second-order valence-electron chi connectivity index (χ2n) is 4.93. The minimum Gasteiger partial charge on any atom is -0.323 e. The summed E-state index contributed by atoms with van der Waals surface area (Å²) in [5.41, 5.74) is 2.74. The van der Waals surface area contributed by atoms with Gasteiger partial charge in [-0.05, 0) is 29.7 Å². The highest BCUT2D eigenvalue weighted by atomic mass is 35.5. The van der Waals surface area contributed by atoms with Gasteiger partial charge in [0.25, 0.3) is 0 Å². The van der Waals surface area contributed by atoms with E-state index in [1.165, 1.54) is 5.56 Å². The zero-order chi connectivity index (χ0) is 14.8. The van der Waals surface area contributed by atoms with Crippen molar-refractivity contribution in [3.05, 3.63) is 63.6 Å². The van der Waals surface area contributed by atoms with Crippen LogP contribution in [0.15, 0.2) is 42.5 Å². The Labute approximate surface area is 133 Å². The number of carbonyl (C=O) groups is 1. The summed E-state index contributed by atoms with van der Waals surface area (Å²) in [6.07, 6.45) is 0.928. The summed E-state index contributed by atoms with van der Waals surface area (Å²) in [5, 5.41) is 6.87. The average Bonchev–Trinajstić information content (AvgIpc) is 2.51. The van der Waals surface area contributed by atoms with E-state index in [9.17, 15) is 4.79 Å². The van der Waals surface area contributed by atoms with Crippen LogP contribution in [-0.4, -0.2) is 12.5 Å². The molecule has 3 nitrogen and oxygen atoms in total. The molecule has 0 aliphatic carbocycles. The summed E-state index contributed by atoms with van der Waals surface area (Å²) in [5.74, 6) is -0.133. The lowest BCUT2D eigenvalue weighted by Crippen LogP contribution is -2.38. The Morgan fingerprint density at radius 3 is 2.81 bits per heavy atom. The monoisotopic (exact) mass is 320 g/mol. The van der Waals surface area contributed by atoms with Crippen LogP contribution in [0.5, 0.6) is 0 Å². The molecule has 1 heterocycles. The van der Waals surface area contributed by atoms with Crippen LogP contribution in [-0.2, 0) is 11.2 Å². The Hall–Kier alpha value is -1.55. The van der Waals surface area contributed by atoms with Crippen molar-refractivity contribution in [2.45, 2.75) is 12.5 Å². The standard InChI is InChI=1S/C16H14Cl2N2O/c17-12-6-3-7-13(14(12)18)20-16(21)15-11-5-2-1-4-10(11)8-9-19-15/h1-7,15,19H,8-9H2,(H,20,21). The van der Waals surface area contributed by atoms with Crippen LogP contribution in [0, 0.1) is 0 Å². The second kappa shape index (κ2) is 6.06. The molecule has 108 valence electrons. The molecule has 0 aromatic heterocycles. The molecular formula is C16H14Cl2N2O. The van der Waals surface area contributed by atoms with Gasteiger partial charge in [0.1, 0.15) is 6.04 Å². The van der Waals surface area contributed by atoms with Crippen molar-refractivity contribution in [2.24, 2.45) is 0 Å². The van der Waals surface area contributed by atoms with Gasteiger partial charge < -0.3 is 10.6 Å². The third kappa shape index (κ3) is 2.91. The molecular weight excluding hydrogens is 307 g/mol. The van der Waals surface area contributed by atoms with Gasteiger partial charge in [-0.3, -0.25) is 4.79 Å². The van der Waals surface area contributed by atoms with Crippen LogP contribution in [0.3, 0.4) is 0 Å². The van der Waals surface area contributed by atoms with E-state index in [0.717, 1.165) is 18.5 Å². The largest absolute Gasteiger partial charge is 0.323 e.